The van der Waals surface area contributed by atoms with Gasteiger partial charge in [0.1, 0.15) is 0 Å². The predicted molar refractivity (Wildman–Crippen MR) is 120 cm³/mol. The second-order valence-corrected chi connectivity index (χ2v) is 8.36. The average molecular weight is 415 g/mol. The maximum absolute atomic E-state index is 13.2. The van der Waals surface area contributed by atoms with Crippen molar-refractivity contribution < 1.29 is 9.53 Å². The van der Waals surface area contributed by atoms with Gasteiger partial charge in [-0.15, -0.1) is 0 Å². The van der Waals surface area contributed by atoms with Crippen molar-refractivity contribution in [3.8, 4) is 6.07 Å². The van der Waals surface area contributed by atoms with Crippen molar-refractivity contribution in [2.45, 2.75) is 38.7 Å². The van der Waals surface area contributed by atoms with Crippen molar-refractivity contribution in [2.75, 3.05) is 13.1 Å². The highest BCUT2D eigenvalue weighted by atomic mass is 16.5. The lowest BCUT2D eigenvalue weighted by atomic mass is 9.89. The number of carbonyl (C=O) groups excluding carboxylic acids is 1. The second kappa shape index (κ2) is 8.27. The molecule has 1 aliphatic heterocycles. The topological polar surface area (TPSA) is 103 Å². The van der Waals surface area contributed by atoms with E-state index < -0.39 is 0 Å². The predicted octanol–water partition coefficient (Wildman–Crippen LogP) is 3.87. The first-order chi connectivity index (χ1) is 14.9. The van der Waals surface area contributed by atoms with E-state index in [-0.39, 0.29) is 17.9 Å². The van der Waals surface area contributed by atoms with Crippen molar-refractivity contribution >= 4 is 17.8 Å². The van der Waals surface area contributed by atoms with Crippen LogP contribution in [0.1, 0.15) is 56.9 Å². The van der Waals surface area contributed by atoms with Gasteiger partial charge in [-0.25, -0.2) is 0 Å². The summed E-state index contributed by atoms with van der Waals surface area (Å²) in [7, 11) is 0. The molecule has 4 rings (SSSR count). The molecule has 0 aromatic heterocycles. The molecule has 2 aliphatic rings. The third kappa shape index (κ3) is 4.17. The van der Waals surface area contributed by atoms with Gasteiger partial charge in [0, 0.05) is 30.1 Å². The molecule has 2 fully saturated rings. The van der Waals surface area contributed by atoms with Crippen LogP contribution in [0.4, 0.5) is 0 Å². The van der Waals surface area contributed by atoms with Gasteiger partial charge >= 0.3 is 0 Å². The van der Waals surface area contributed by atoms with Gasteiger partial charge in [0.05, 0.1) is 29.6 Å². The molecule has 0 bridgehead atoms. The second-order valence-electron chi connectivity index (χ2n) is 8.36. The van der Waals surface area contributed by atoms with E-state index in [0.29, 0.717) is 35.7 Å². The minimum atomic E-state index is -0.0176. The number of allylic oxidation sites excluding steroid dienone is 1. The van der Waals surface area contributed by atoms with Crippen molar-refractivity contribution in [3.05, 3.63) is 75.5 Å². The number of amides is 1. The molecule has 1 heterocycles. The molecule has 2 aromatic carbocycles. The van der Waals surface area contributed by atoms with E-state index in [2.05, 4.69) is 6.07 Å². The van der Waals surface area contributed by atoms with E-state index in [0.717, 1.165) is 41.3 Å². The molecule has 1 saturated heterocycles. The Bertz CT molecular complexity index is 1100. The highest BCUT2D eigenvalue weighted by molar-refractivity contribution is 5.98. The standard InChI is InChI=1S/C25H26N4O2/c1-15-9-16(2)22(10-21(15)24(28)23(12-27)31-20-7-8-20)25(30)29-13-19(14-29)18-5-3-17(11-26)4-6-18/h3-6,9-10,12,19-20,27H,7-8,13-14,28H2,1-2H3/b24-23+,27-12?. The molecule has 158 valence electrons. The van der Waals surface area contributed by atoms with E-state index in [1.54, 1.807) is 0 Å². The molecule has 1 aliphatic carbocycles. The summed E-state index contributed by atoms with van der Waals surface area (Å²) in [4.78, 5) is 15.0. The lowest BCUT2D eigenvalue weighted by molar-refractivity contribution is 0.0601. The molecular formula is C25H26N4O2. The molecule has 1 amide bonds. The van der Waals surface area contributed by atoms with Gasteiger partial charge in [-0.3, -0.25) is 4.79 Å². The maximum Gasteiger partial charge on any atom is 0.254 e. The third-order valence-electron chi connectivity index (χ3n) is 5.99. The summed E-state index contributed by atoms with van der Waals surface area (Å²) in [5.74, 6) is 0.622. The molecule has 31 heavy (non-hydrogen) atoms. The van der Waals surface area contributed by atoms with Crippen LogP contribution in [0.2, 0.25) is 0 Å². The maximum atomic E-state index is 13.2. The van der Waals surface area contributed by atoms with Gasteiger partial charge in [-0.05, 0) is 61.6 Å². The van der Waals surface area contributed by atoms with E-state index in [4.69, 9.17) is 21.1 Å². The van der Waals surface area contributed by atoms with Gasteiger partial charge in [-0.1, -0.05) is 18.2 Å². The molecule has 2 aromatic rings. The lowest BCUT2D eigenvalue weighted by Crippen LogP contribution is -2.48. The van der Waals surface area contributed by atoms with Crippen molar-refractivity contribution in [1.82, 2.24) is 4.90 Å². The number of nitriles is 1. The fourth-order valence-electron chi connectivity index (χ4n) is 3.90. The third-order valence-corrected chi connectivity index (χ3v) is 5.99. The first kappa shape index (κ1) is 20.7. The first-order valence-corrected chi connectivity index (χ1v) is 10.5. The van der Waals surface area contributed by atoms with Crippen LogP contribution in [0.15, 0.2) is 42.2 Å². The Kier molecular flexibility index (Phi) is 5.51. The van der Waals surface area contributed by atoms with Gasteiger partial charge < -0.3 is 20.8 Å². The Balaban J connectivity index is 1.53. The summed E-state index contributed by atoms with van der Waals surface area (Å²) >= 11 is 0. The zero-order valence-electron chi connectivity index (χ0n) is 17.8. The number of rotatable bonds is 6. The Labute approximate surface area is 182 Å². The number of carbonyl (C=O) groups is 1. The summed E-state index contributed by atoms with van der Waals surface area (Å²) in [5, 5.41) is 16.6. The van der Waals surface area contributed by atoms with Gasteiger partial charge in [-0.2, -0.15) is 5.26 Å². The fraction of sp³-hybridized carbons (Fsp3) is 0.320. The first-order valence-electron chi connectivity index (χ1n) is 10.5. The van der Waals surface area contributed by atoms with E-state index >= 15 is 0 Å². The van der Waals surface area contributed by atoms with E-state index in [1.807, 2.05) is 55.1 Å². The van der Waals surface area contributed by atoms with Crippen molar-refractivity contribution in [2.24, 2.45) is 5.73 Å². The minimum absolute atomic E-state index is 0.0176. The Morgan fingerprint density at radius 1 is 1.16 bits per heavy atom. The SMILES string of the molecule is Cc1cc(C)c(/C(N)=C(/C=N)OC2CC2)cc1C(=O)N1CC(c2ccc(C#N)cc2)C1. The molecule has 6 heteroatoms. The number of benzene rings is 2. The van der Waals surface area contributed by atoms with Crippen LogP contribution in [0.3, 0.4) is 0 Å². The Morgan fingerprint density at radius 3 is 2.39 bits per heavy atom. The van der Waals surface area contributed by atoms with Crippen molar-refractivity contribution in [3.63, 3.8) is 0 Å². The minimum Gasteiger partial charge on any atom is -0.487 e. The van der Waals surface area contributed by atoms with Crippen LogP contribution in [-0.2, 0) is 4.74 Å². The number of hydrogen-bond donors (Lipinski definition) is 2. The van der Waals surface area contributed by atoms with Gasteiger partial charge in [0.25, 0.3) is 5.91 Å². The van der Waals surface area contributed by atoms with Crippen LogP contribution in [0.25, 0.3) is 5.70 Å². The molecule has 0 radical (unpaired) electrons. The summed E-state index contributed by atoms with van der Waals surface area (Å²) in [6, 6.07) is 13.5. The molecule has 0 unspecified atom stereocenters. The zero-order valence-corrected chi connectivity index (χ0v) is 17.8. The number of nitrogens with one attached hydrogen (secondary N) is 1. The number of likely N-dealkylation sites (tertiary alicyclic amines) is 1. The highest BCUT2D eigenvalue weighted by Gasteiger charge is 2.33. The molecule has 0 spiro atoms. The molecule has 1 saturated carbocycles. The van der Waals surface area contributed by atoms with Crippen LogP contribution >= 0.6 is 0 Å². The quantitative estimate of drug-likeness (QED) is 0.553. The fourth-order valence-corrected chi connectivity index (χ4v) is 3.90. The number of aryl methyl sites for hydroxylation is 2. The van der Waals surface area contributed by atoms with E-state index in [1.165, 1.54) is 0 Å². The number of nitrogens with zero attached hydrogens (tertiary/aromatic N) is 2. The zero-order chi connectivity index (χ0) is 22.1. The number of ether oxygens (including phenoxy) is 1. The molecule has 6 nitrogen and oxygen atoms in total. The van der Waals surface area contributed by atoms with E-state index in [9.17, 15) is 4.79 Å². The van der Waals surface area contributed by atoms with Crippen LogP contribution in [0, 0.1) is 30.6 Å². The van der Waals surface area contributed by atoms with Gasteiger partial charge in [0.2, 0.25) is 0 Å². The molecule has 3 N–H and O–H groups in total. The summed E-state index contributed by atoms with van der Waals surface area (Å²) in [6.07, 6.45) is 3.25. The normalized spacial score (nSPS) is 16.7. The van der Waals surface area contributed by atoms with Crippen LogP contribution < -0.4 is 5.73 Å². The average Bonchev–Trinajstić information content (AvgIpc) is 3.55. The smallest absolute Gasteiger partial charge is 0.254 e. The number of nitrogens with two attached hydrogens (primary N) is 1. The largest absolute Gasteiger partial charge is 0.487 e. The summed E-state index contributed by atoms with van der Waals surface area (Å²) < 4.78 is 5.77. The Hall–Kier alpha value is -3.59. The molecule has 0 atom stereocenters. The highest BCUT2D eigenvalue weighted by Crippen LogP contribution is 2.32. The Morgan fingerprint density at radius 2 is 1.81 bits per heavy atom. The van der Waals surface area contributed by atoms with Crippen LogP contribution in [0.5, 0.6) is 0 Å². The lowest BCUT2D eigenvalue weighted by Gasteiger charge is -2.40. The van der Waals surface area contributed by atoms with Crippen LogP contribution in [-0.4, -0.2) is 36.2 Å². The van der Waals surface area contributed by atoms with Gasteiger partial charge in [0.15, 0.2) is 5.76 Å². The summed E-state index contributed by atoms with van der Waals surface area (Å²) in [5.41, 5.74) is 11.7. The molecular weight excluding hydrogens is 388 g/mol. The van der Waals surface area contributed by atoms with Crippen molar-refractivity contribution in [1.29, 1.82) is 10.7 Å². The number of hydrogen-bond acceptors (Lipinski definition) is 5. The summed E-state index contributed by atoms with van der Waals surface area (Å²) in [6.45, 7) is 5.18. The monoisotopic (exact) mass is 414 g/mol.